The van der Waals surface area contributed by atoms with Gasteiger partial charge in [-0.05, 0) is 19.0 Å². The van der Waals surface area contributed by atoms with E-state index in [1.54, 1.807) is 20.8 Å². The second kappa shape index (κ2) is 7.20. The van der Waals surface area contributed by atoms with Gasteiger partial charge in [0.25, 0.3) is 0 Å². The van der Waals surface area contributed by atoms with E-state index in [4.69, 9.17) is 5.11 Å². The lowest BCUT2D eigenvalue weighted by Crippen LogP contribution is -2.52. The predicted molar refractivity (Wildman–Crippen MR) is 70.6 cm³/mol. The Hall–Kier alpha value is -1.30. The van der Waals surface area contributed by atoms with Gasteiger partial charge in [-0.2, -0.15) is 0 Å². The van der Waals surface area contributed by atoms with Gasteiger partial charge >= 0.3 is 12.0 Å². The summed E-state index contributed by atoms with van der Waals surface area (Å²) in [6.45, 7) is 9.48. The van der Waals surface area contributed by atoms with E-state index in [2.05, 4.69) is 15.5 Å². The molecular formula is C12H25N3O3. The number of nitrogens with one attached hydrogen (secondary N) is 2. The normalized spacial score (nSPS) is 13.2. The van der Waals surface area contributed by atoms with Crippen molar-refractivity contribution in [3.63, 3.8) is 0 Å². The van der Waals surface area contributed by atoms with Crippen LogP contribution < -0.4 is 10.6 Å². The predicted octanol–water partition coefficient (Wildman–Crippen LogP) is 0.737. The Balaban J connectivity index is 4.16. The lowest BCUT2D eigenvalue weighted by molar-refractivity contribution is -0.141. The van der Waals surface area contributed by atoms with Crippen LogP contribution in [0, 0.1) is 5.41 Å². The summed E-state index contributed by atoms with van der Waals surface area (Å²) < 4.78 is 0. The van der Waals surface area contributed by atoms with Gasteiger partial charge in [0, 0.05) is 13.1 Å². The molecule has 0 aliphatic rings. The van der Waals surface area contributed by atoms with E-state index in [9.17, 15) is 9.59 Å². The Labute approximate surface area is 109 Å². The maximum Gasteiger partial charge on any atom is 0.326 e. The van der Waals surface area contributed by atoms with Gasteiger partial charge < -0.3 is 20.6 Å². The molecule has 0 aromatic carbocycles. The average molecular weight is 259 g/mol. The van der Waals surface area contributed by atoms with Crippen LogP contribution >= 0.6 is 0 Å². The molecule has 0 heterocycles. The van der Waals surface area contributed by atoms with Gasteiger partial charge in [-0.15, -0.1) is 0 Å². The molecule has 0 fully saturated rings. The number of aliphatic carboxylic acids is 1. The number of hydrogen-bond donors (Lipinski definition) is 3. The van der Waals surface area contributed by atoms with Crippen LogP contribution in [0.1, 0.15) is 27.7 Å². The van der Waals surface area contributed by atoms with Crippen LogP contribution in [0.2, 0.25) is 0 Å². The molecule has 18 heavy (non-hydrogen) atoms. The maximum absolute atomic E-state index is 11.6. The summed E-state index contributed by atoms with van der Waals surface area (Å²) in [6.07, 6.45) is 0. The molecule has 3 N–H and O–H groups in total. The van der Waals surface area contributed by atoms with Crippen LogP contribution in [0.5, 0.6) is 0 Å². The minimum Gasteiger partial charge on any atom is -0.480 e. The standard InChI is InChI=1S/C12H25N3O3/c1-6-15(5)8-7-13-11(18)14-9(10(16)17)12(2,3)4/h9H,6-8H2,1-5H3,(H,16,17)(H2,13,14,18). The number of rotatable bonds is 6. The van der Waals surface area contributed by atoms with Gasteiger partial charge in [-0.3, -0.25) is 0 Å². The van der Waals surface area contributed by atoms with E-state index in [1.165, 1.54) is 0 Å². The van der Waals surface area contributed by atoms with Crippen molar-refractivity contribution < 1.29 is 14.7 Å². The molecule has 0 rings (SSSR count). The van der Waals surface area contributed by atoms with Crippen LogP contribution in [-0.2, 0) is 4.79 Å². The van der Waals surface area contributed by atoms with E-state index in [0.717, 1.165) is 13.1 Å². The first kappa shape index (κ1) is 16.7. The summed E-state index contributed by atoms with van der Waals surface area (Å²) in [5.41, 5.74) is -0.524. The summed E-state index contributed by atoms with van der Waals surface area (Å²) >= 11 is 0. The molecule has 6 nitrogen and oxygen atoms in total. The monoisotopic (exact) mass is 259 g/mol. The molecule has 1 unspecified atom stereocenters. The minimum atomic E-state index is -1.02. The van der Waals surface area contributed by atoms with Crippen molar-refractivity contribution in [2.24, 2.45) is 5.41 Å². The smallest absolute Gasteiger partial charge is 0.326 e. The van der Waals surface area contributed by atoms with Gasteiger partial charge in [0.05, 0.1) is 0 Å². The molecule has 1 atom stereocenters. The van der Waals surface area contributed by atoms with E-state index in [1.807, 2.05) is 14.0 Å². The maximum atomic E-state index is 11.6. The van der Waals surface area contributed by atoms with Crippen molar-refractivity contribution in [2.75, 3.05) is 26.7 Å². The first-order chi connectivity index (χ1) is 8.18. The summed E-state index contributed by atoms with van der Waals surface area (Å²) in [5.74, 6) is -1.02. The van der Waals surface area contributed by atoms with Crippen molar-refractivity contribution >= 4 is 12.0 Å². The van der Waals surface area contributed by atoms with Crippen LogP contribution in [0.15, 0.2) is 0 Å². The average Bonchev–Trinajstić information content (AvgIpc) is 2.23. The number of carboxylic acid groups (broad SMARTS) is 1. The van der Waals surface area contributed by atoms with Crippen LogP contribution in [0.3, 0.4) is 0 Å². The number of likely N-dealkylation sites (N-methyl/N-ethyl adjacent to an activating group) is 1. The van der Waals surface area contributed by atoms with E-state index in [0.29, 0.717) is 6.54 Å². The number of carbonyl (C=O) groups is 2. The summed E-state index contributed by atoms with van der Waals surface area (Å²) in [7, 11) is 1.95. The zero-order chi connectivity index (χ0) is 14.3. The van der Waals surface area contributed by atoms with Crippen molar-refractivity contribution in [1.29, 1.82) is 0 Å². The molecule has 0 saturated carbocycles. The highest BCUT2D eigenvalue weighted by molar-refractivity contribution is 5.83. The highest BCUT2D eigenvalue weighted by Crippen LogP contribution is 2.19. The number of amides is 2. The Bertz CT molecular complexity index is 287. The molecule has 106 valence electrons. The third kappa shape index (κ3) is 6.44. The Morgan fingerprint density at radius 3 is 2.28 bits per heavy atom. The van der Waals surface area contributed by atoms with Gasteiger partial charge in [0.15, 0.2) is 0 Å². The van der Waals surface area contributed by atoms with E-state index in [-0.39, 0.29) is 0 Å². The van der Waals surface area contributed by atoms with E-state index >= 15 is 0 Å². The highest BCUT2D eigenvalue weighted by atomic mass is 16.4. The largest absolute Gasteiger partial charge is 0.480 e. The molecule has 0 aromatic rings. The minimum absolute atomic E-state index is 0.443. The quantitative estimate of drug-likeness (QED) is 0.657. The third-order valence-electron chi connectivity index (χ3n) is 2.71. The Kier molecular flexibility index (Phi) is 6.68. The molecule has 0 saturated heterocycles. The highest BCUT2D eigenvalue weighted by Gasteiger charge is 2.32. The topological polar surface area (TPSA) is 81.7 Å². The van der Waals surface area contributed by atoms with Crippen molar-refractivity contribution in [2.45, 2.75) is 33.7 Å². The molecule has 0 aromatic heterocycles. The molecule has 0 radical (unpaired) electrons. The first-order valence-corrected chi connectivity index (χ1v) is 6.14. The molecular weight excluding hydrogens is 234 g/mol. The molecule has 0 aliphatic heterocycles. The van der Waals surface area contributed by atoms with E-state index < -0.39 is 23.5 Å². The molecule has 2 amide bonds. The fourth-order valence-electron chi connectivity index (χ4n) is 1.35. The van der Waals surface area contributed by atoms with Crippen molar-refractivity contribution in [1.82, 2.24) is 15.5 Å². The zero-order valence-corrected chi connectivity index (χ0v) is 11.9. The van der Waals surface area contributed by atoms with Crippen molar-refractivity contribution in [3.05, 3.63) is 0 Å². The van der Waals surface area contributed by atoms with Gasteiger partial charge in [0.2, 0.25) is 0 Å². The molecule has 0 spiro atoms. The Morgan fingerprint density at radius 1 is 1.33 bits per heavy atom. The fourth-order valence-corrected chi connectivity index (χ4v) is 1.35. The van der Waals surface area contributed by atoms with Gasteiger partial charge in [0.1, 0.15) is 6.04 Å². The fraction of sp³-hybridized carbons (Fsp3) is 0.833. The van der Waals surface area contributed by atoms with Gasteiger partial charge in [-0.1, -0.05) is 27.7 Å². The second-order valence-corrected chi connectivity index (χ2v) is 5.43. The second-order valence-electron chi connectivity index (χ2n) is 5.43. The van der Waals surface area contributed by atoms with Gasteiger partial charge in [-0.25, -0.2) is 9.59 Å². The van der Waals surface area contributed by atoms with Crippen molar-refractivity contribution in [3.8, 4) is 0 Å². The summed E-state index contributed by atoms with van der Waals surface area (Å²) in [6, 6.07) is -1.34. The summed E-state index contributed by atoms with van der Waals surface area (Å²) in [4.78, 5) is 24.7. The van der Waals surface area contributed by atoms with Crippen LogP contribution in [-0.4, -0.2) is 54.7 Å². The SMILES string of the molecule is CCN(C)CCNC(=O)NC(C(=O)O)C(C)(C)C. The zero-order valence-electron chi connectivity index (χ0n) is 11.9. The number of urea groups is 1. The molecule has 0 bridgehead atoms. The third-order valence-corrected chi connectivity index (χ3v) is 2.71. The summed E-state index contributed by atoms with van der Waals surface area (Å²) in [5, 5.41) is 14.2. The molecule has 0 aliphatic carbocycles. The van der Waals surface area contributed by atoms with Crippen LogP contribution in [0.4, 0.5) is 4.79 Å². The Morgan fingerprint density at radius 2 is 1.89 bits per heavy atom. The number of carbonyl (C=O) groups excluding carboxylic acids is 1. The number of nitrogens with zero attached hydrogens (tertiary/aromatic N) is 1. The number of hydrogen-bond acceptors (Lipinski definition) is 3. The first-order valence-electron chi connectivity index (χ1n) is 6.14. The number of carboxylic acids is 1. The molecule has 6 heteroatoms. The van der Waals surface area contributed by atoms with Crippen LogP contribution in [0.25, 0.3) is 0 Å². The lowest BCUT2D eigenvalue weighted by Gasteiger charge is -2.27. The lowest BCUT2D eigenvalue weighted by atomic mass is 9.87.